The van der Waals surface area contributed by atoms with Gasteiger partial charge in [0.1, 0.15) is 11.8 Å². The molecule has 0 amide bonds. The zero-order chi connectivity index (χ0) is 14.8. The Kier molecular flexibility index (Phi) is 4.78. The van der Waals surface area contributed by atoms with Gasteiger partial charge in [0.05, 0.1) is 21.3 Å². The highest BCUT2D eigenvalue weighted by molar-refractivity contribution is 14.1. The summed E-state index contributed by atoms with van der Waals surface area (Å²) < 4.78 is 7.39. The molecule has 0 saturated heterocycles. The van der Waals surface area contributed by atoms with E-state index < -0.39 is 0 Å². The van der Waals surface area contributed by atoms with Crippen molar-refractivity contribution in [2.45, 2.75) is 6.04 Å². The van der Waals surface area contributed by atoms with Crippen LogP contribution < -0.4 is 5.32 Å². The Morgan fingerprint density at radius 3 is 2.62 bits per heavy atom. The molecule has 0 fully saturated rings. The van der Waals surface area contributed by atoms with Gasteiger partial charge in [0.25, 0.3) is 0 Å². The molecule has 0 aliphatic carbocycles. The summed E-state index contributed by atoms with van der Waals surface area (Å²) in [5.74, 6) is 0.822. The van der Waals surface area contributed by atoms with E-state index in [1.807, 2.05) is 42.5 Å². The molecular weight excluding hydrogens is 440 g/mol. The quantitative estimate of drug-likeness (QED) is 0.462. The van der Waals surface area contributed by atoms with E-state index in [1.54, 1.807) is 6.26 Å². The Balaban J connectivity index is 1.96. The maximum Gasteiger partial charge on any atom is 0.131 e. The zero-order valence-electron chi connectivity index (χ0n) is 10.6. The van der Waals surface area contributed by atoms with Crippen LogP contribution in [-0.4, -0.2) is 0 Å². The van der Waals surface area contributed by atoms with Crippen molar-refractivity contribution in [2.24, 2.45) is 0 Å². The minimum absolute atomic E-state index is 0.116. The number of hydrogen-bond donors (Lipinski definition) is 1. The highest BCUT2D eigenvalue weighted by Crippen LogP contribution is 2.35. The van der Waals surface area contributed by atoms with E-state index in [1.165, 1.54) is 11.3 Å². The predicted octanol–water partition coefficient (Wildman–Crippen LogP) is 6.45. The van der Waals surface area contributed by atoms with Crippen molar-refractivity contribution < 1.29 is 4.42 Å². The van der Waals surface area contributed by atoms with Gasteiger partial charge in [-0.25, -0.2) is 0 Å². The first-order valence-electron chi connectivity index (χ1n) is 6.14. The number of nitrogens with one attached hydrogen (secondary N) is 1. The van der Waals surface area contributed by atoms with E-state index in [4.69, 9.17) is 27.6 Å². The Hall–Kier alpha value is -0.690. The van der Waals surface area contributed by atoms with Crippen LogP contribution >= 0.6 is 57.1 Å². The van der Waals surface area contributed by atoms with Crippen LogP contribution in [0.4, 0.5) is 5.69 Å². The number of benzene rings is 1. The molecule has 1 unspecified atom stereocenters. The third-order valence-electron chi connectivity index (χ3n) is 2.94. The van der Waals surface area contributed by atoms with E-state index in [-0.39, 0.29) is 6.04 Å². The summed E-state index contributed by atoms with van der Waals surface area (Å²) in [6, 6.07) is 13.5. The molecule has 108 valence electrons. The summed E-state index contributed by atoms with van der Waals surface area (Å²) >= 11 is 16.1. The van der Waals surface area contributed by atoms with Crippen molar-refractivity contribution >= 4 is 62.8 Å². The first kappa shape index (κ1) is 15.2. The normalized spacial score (nSPS) is 12.3. The van der Waals surface area contributed by atoms with Gasteiger partial charge in [-0.05, 0) is 65.1 Å². The summed E-state index contributed by atoms with van der Waals surface area (Å²) in [4.78, 5) is 1.07. The van der Waals surface area contributed by atoms with E-state index in [9.17, 15) is 0 Å². The fourth-order valence-electron chi connectivity index (χ4n) is 1.98. The molecule has 2 aromatic heterocycles. The first-order chi connectivity index (χ1) is 10.1. The van der Waals surface area contributed by atoms with Crippen molar-refractivity contribution in [3.63, 3.8) is 0 Å². The van der Waals surface area contributed by atoms with Crippen LogP contribution in [0, 0.1) is 3.57 Å². The number of rotatable bonds is 4. The first-order valence-corrected chi connectivity index (χ1v) is 8.79. The third kappa shape index (κ3) is 3.56. The van der Waals surface area contributed by atoms with Crippen molar-refractivity contribution in [2.75, 3.05) is 5.32 Å². The molecule has 1 atom stereocenters. The molecule has 1 aromatic carbocycles. The van der Waals surface area contributed by atoms with Crippen LogP contribution in [-0.2, 0) is 0 Å². The fourth-order valence-corrected chi connectivity index (χ4v) is 4.01. The minimum atomic E-state index is -0.116. The van der Waals surface area contributed by atoms with Gasteiger partial charge in [-0.1, -0.05) is 23.2 Å². The number of hydrogen-bond acceptors (Lipinski definition) is 3. The van der Waals surface area contributed by atoms with E-state index >= 15 is 0 Å². The maximum atomic E-state index is 6.31. The number of furan rings is 1. The number of thiophene rings is 1. The lowest BCUT2D eigenvalue weighted by atomic mass is 10.1. The molecule has 0 bridgehead atoms. The third-order valence-corrected chi connectivity index (χ3v) is 5.22. The molecule has 0 aliphatic heterocycles. The average molecular weight is 450 g/mol. The topological polar surface area (TPSA) is 25.2 Å². The number of halogens is 3. The van der Waals surface area contributed by atoms with E-state index in [0.717, 1.165) is 24.2 Å². The number of anilines is 1. The highest BCUT2D eigenvalue weighted by atomic mass is 127. The monoisotopic (exact) mass is 449 g/mol. The Bertz CT molecular complexity index is 742. The largest absolute Gasteiger partial charge is 0.467 e. The molecule has 0 saturated carbocycles. The van der Waals surface area contributed by atoms with Crippen LogP contribution in [0.15, 0.2) is 53.1 Å². The highest BCUT2D eigenvalue weighted by Gasteiger charge is 2.19. The van der Waals surface area contributed by atoms with E-state index in [2.05, 4.69) is 27.9 Å². The van der Waals surface area contributed by atoms with Gasteiger partial charge in [-0.2, -0.15) is 0 Å². The Morgan fingerprint density at radius 2 is 2.00 bits per heavy atom. The van der Waals surface area contributed by atoms with Crippen LogP contribution in [0.1, 0.15) is 16.7 Å². The second-order valence-corrected chi connectivity index (χ2v) is 7.76. The van der Waals surface area contributed by atoms with Gasteiger partial charge < -0.3 is 9.73 Å². The van der Waals surface area contributed by atoms with Crippen LogP contribution in [0.3, 0.4) is 0 Å². The molecule has 6 heteroatoms. The second-order valence-electron chi connectivity index (χ2n) is 4.36. The summed E-state index contributed by atoms with van der Waals surface area (Å²) in [5.41, 5.74) is 0.864. The molecule has 21 heavy (non-hydrogen) atoms. The molecule has 1 N–H and O–H groups in total. The lowest BCUT2D eigenvalue weighted by molar-refractivity contribution is 0.501. The van der Waals surface area contributed by atoms with Crippen LogP contribution in [0.2, 0.25) is 9.36 Å². The molecule has 2 heterocycles. The summed E-state index contributed by atoms with van der Waals surface area (Å²) in [6.07, 6.45) is 1.66. The van der Waals surface area contributed by atoms with Crippen LogP contribution in [0.5, 0.6) is 0 Å². The van der Waals surface area contributed by atoms with Gasteiger partial charge in [0, 0.05) is 8.45 Å². The summed E-state index contributed by atoms with van der Waals surface area (Å²) in [5, 5.41) is 4.11. The summed E-state index contributed by atoms with van der Waals surface area (Å²) in [7, 11) is 0. The van der Waals surface area contributed by atoms with Gasteiger partial charge in [0.2, 0.25) is 0 Å². The van der Waals surface area contributed by atoms with Crippen molar-refractivity contribution in [3.05, 3.63) is 72.3 Å². The molecule has 3 rings (SSSR count). The molecule has 0 spiro atoms. The van der Waals surface area contributed by atoms with Crippen molar-refractivity contribution in [1.29, 1.82) is 0 Å². The van der Waals surface area contributed by atoms with Crippen molar-refractivity contribution in [1.82, 2.24) is 0 Å². The molecule has 0 radical (unpaired) electrons. The molecule has 2 nitrogen and oxygen atoms in total. The SMILES string of the molecule is Clc1ccc(C(Nc2ccc(I)cc2Cl)c2ccco2)s1. The Labute approximate surface area is 150 Å². The average Bonchev–Trinajstić information content (AvgIpc) is 3.09. The minimum Gasteiger partial charge on any atom is -0.467 e. The van der Waals surface area contributed by atoms with Crippen LogP contribution in [0.25, 0.3) is 0 Å². The molecule has 3 aromatic rings. The lowest BCUT2D eigenvalue weighted by Crippen LogP contribution is -2.10. The van der Waals surface area contributed by atoms with Gasteiger partial charge in [-0.3, -0.25) is 0 Å². The van der Waals surface area contributed by atoms with E-state index in [0.29, 0.717) is 5.02 Å². The fraction of sp³-hybridized carbons (Fsp3) is 0.0667. The van der Waals surface area contributed by atoms with Gasteiger partial charge in [-0.15, -0.1) is 11.3 Å². The summed E-state index contributed by atoms with van der Waals surface area (Å²) in [6.45, 7) is 0. The standard InChI is InChI=1S/C15H10Cl2INOS/c16-10-8-9(18)3-4-11(10)19-15(12-2-1-7-20-12)13-5-6-14(17)21-13/h1-8,15,19H. The van der Waals surface area contributed by atoms with Crippen molar-refractivity contribution in [3.8, 4) is 0 Å². The van der Waals surface area contributed by atoms with Gasteiger partial charge in [0.15, 0.2) is 0 Å². The predicted molar refractivity (Wildman–Crippen MR) is 97.7 cm³/mol. The molecule has 0 aliphatic rings. The maximum absolute atomic E-state index is 6.31. The lowest BCUT2D eigenvalue weighted by Gasteiger charge is -2.17. The second kappa shape index (κ2) is 6.60. The smallest absolute Gasteiger partial charge is 0.131 e. The molecular formula is C15H10Cl2INOS. The van der Waals surface area contributed by atoms with Gasteiger partial charge >= 0.3 is 0 Å². The Morgan fingerprint density at radius 1 is 1.14 bits per heavy atom. The zero-order valence-corrected chi connectivity index (χ0v) is 15.1.